The van der Waals surface area contributed by atoms with Gasteiger partial charge < -0.3 is 5.32 Å². The molecule has 1 aromatic heterocycles. The van der Waals surface area contributed by atoms with Crippen LogP contribution in [0.25, 0.3) is 0 Å². The Morgan fingerprint density at radius 3 is 2.79 bits per heavy atom. The predicted molar refractivity (Wildman–Crippen MR) is 116 cm³/mol. The molecule has 2 heterocycles. The standard InChI is InChI=1S/C20H26N2O3S3/c1-16-6-8-17(9-7-16)15-26-13-10-21-20(23)18-4-2-11-22(14-18)28(24,25)19-5-3-12-27-19/h3,5-9,12,18H,2,4,10-11,13-15H2,1H3,(H,21,23). The Balaban J connectivity index is 1.42. The van der Waals surface area contributed by atoms with Crippen LogP contribution in [0.5, 0.6) is 0 Å². The number of sulfonamides is 1. The maximum absolute atomic E-state index is 12.7. The fourth-order valence-corrected chi connectivity index (χ4v) is 6.66. The molecule has 1 atom stereocenters. The van der Waals surface area contributed by atoms with Crippen molar-refractivity contribution in [1.29, 1.82) is 0 Å². The minimum absolute atomic E-state index is 0.0398. The number of aryl methyl sites for hydroxylation is 1. The summed E-state index contributed by atoms with van der Waals surface area (Å²) in [5.41, 5.74) is 2.53. The topological polar surface area (TPSA) is 66.5 Å². The molecule has 0 spiro atoms. The van der Waals surface area contributed by atoms with Crippen molar-refractivity contribution in [2.24, 2.45) is 5.92 Å². The van der Waals surface area contributed by atoms with E-state index in [2.05, 4.69) is 36.5 Å². The highest BCUT2D eigenvalue weighted by molar-refractivity contribution is 7.98. The third-order valence-electron chi connectivity index (χ3n) is 4.78. The molecule has 152 valence electrons. The molecule has 1 amide bonds. The first-order valence-electron chi connectivity index (χ1n) is 9.41. The largest absolute Gasteiger partial charge is 0.355 e. The lowest BCUT2D eigenvalue weighted by atomic mass is 9.99. The van der Waals surface area contributed by atoms with E-state index >= 15 is 0 Å². The lowest BCUT2D eigenvalue weighted by molar-refractivity contribution is -0.125. The summed E-state index contributed by atoms with van der Waals surface area (Å²) < 4.78 is 27.2. The van der Waals surface area contributed by atoms with Crippen LogP contribution < -0.4 is 5.32 Å². The summed E-state index contributed by atoms with van der Waals surface area (Å²) in [6, 6.07) is 11.8. The molecule has 3 rings (SSSR count). The van der Waals surface area contributed by atoms with Gasteiger partial charge in [0.1, 0.15) is 4.21 Å². The first kappa shape index (κ1) is 21.4. The summed E-state index contributed by atoms with van der Waals surface area (Å²) in [5, 5.41) is 4.74. The number of rotatable bonds is 8. The van der Waals surface area contributed by atoms with Gasteiger partial charge in [-0.3, -0.25) is 4.79 Å². The molecule has 8 heteroatoms. The number of benzene rings is 1. The molecule has 0 aliphatic carbocycles. The van der Waals surface area contributed by atoms with Crippen molar-refractivity contribution in [2.75, 3.05) is 25.4 Å². The molecule has 0 radical (unpaired) electrons. The molecule has 1 fully saturated rings. The van der Waals surface area contributed by atoms with Gasteiger partial charge in [0.05, 0.1) is 5.92 Å². The minimum atomic E-state index is -3.48. The zero-order chi connectivity index (χ0) is 20.0. The van der Waals surface area contributed by atoms with Crippen LogP contribution in [0, 0.1) is 12.8 Å². The van der Waals surface area contributed by atoms with Crippen molar-refractivity contribution in [2.45, 2.75) is 29.7 Å². The molecular weight excluding hydrogens is 412 g/mol. The maximum Gasteiger partial charge on any atom is 0.252 e. The van der Waals surface area contributed by atoms with Gasteiger partial charge in [0, 0.05) is 31.1 Å². The number of carbonyl (C=O) groups excluding carboxylic acids is 1. The number of carbonyl (C=O) groups is 1. The fraction of sp³-hybridized carbons (Fsp3) is 0.450. The van der Waals surface area contributed by atoms with Gasteiger partial charge in [0.2, 0.25) is 5.91 Å². The summed E-state index contributed by atoms with van der Waals surface area (Å²) in [5.74, 6) is 1.45. The highest BCUT2D eigenvalue weighted by Gasteiger charge is 2.33. The van der Waals surface area contributed by atoms with E-state index in [0.29, 0.717) is 23.7 Å². The van der Waals surface area contributed by atoms with Gasteiger partial charge in [-0.15, -0.1) is 11.3 Å². The van der Waals surface area contributed by atoms with Crippen LogP contribution >= 0.6 is 23.1 Å². The quantitative estimate of drug-likeness (QED) is 0.641. The van der Waals surface area contributed by atoms with Gasteiger partial charge in [0.15, 0.2) is 0 Å². The van der Waals surface area contributed by atoms with Gasteiger partial charge >= 0.3 is 0 Å². The molecule has 1 saturated heterocycles. The Hall–Kier alpha value is -1.35. The van der Waals surface area contributed by atoms with E-state index in [1.807, 2.05) is 0 Å². The molecule has 1 N–H and O–H groups in total. The van der Waals surface area contributed by atoms with Gasteiger partial charge in [-0.1, -0.05) is 35.9 Å². The molecule has 5 nitrogen and oxygen atoms in total. The lowest BCUT2D eigenvalue weighted by Gasteiger charge is -2.30. The fourth-order valence-electron chi connectivity index (χ4n) is 3.18. The zero-order valence-corrected chi connectivity index (χ0v) is 18.4. The van der Waals surface area contributed by atoms with Crippen molar-refractivity contribution in [3.05, 3.63) is 52.9 Å². The SMILES string of the molecule is Cc1ccc(CSCCNC(=O)C2CCCN(S(=O)(=O)c3cccs3)C2)cc1. The van der Waals surface area contributed by atoms with Crippen LogP contribution in [0.3, 0.4) is 0 Å². The third kappa shape index (κ3) is 5.59. The maximum atomic E-state index is 12.7. The van der Waals surface area contributed by atoms with E-state index in [1.165, 1.54) is 26.8 Å². The number of thiophene rings is 1. The Morgan fingerprint density at radius 2 is 2.07 bits per heavy atom. The number of hydrogen-bond acceptors (Lipinski definition) is 5. The van der Waals surface area contributed by atoms with Crippen molar-refractivity contribution < 1.29 is 13.2 Å². The highest BCUT2D eigenvalue weighted by atomic mass is 32.2. The van der Waals surface area contributed by atoms with E-state index in [4.69, 9.17) is 0 Å². The molecule has 1 aliphatic rings. The molecule has 1 unspecified atom stereocenters. The number of nitrogens with one attached hydrogen (secondary N) is 1. The van der Waals surface area contributed by atoms with Crippen LogP contribution in [0.4, 0.5) is 0 Å². The van der Waals surface area contributed by atoms with Crippen LogP contribution in [0.2, 0.25) is 0 Å². The second kappa shape index (κ2) is 9.91. The van der Waals surface area contributed by atoms with Crippen LogP contribution in [-0.2, 0) is 20.6 Å². The number of thioether (sulfide) groups is 1. The molecule has 0 bridgehead atoms. The summed E-state index contributed by atoms with van der Waals surface area (Å²) in [6.07, 6.45) is 1.45. The number of amides is 1. The van der Waals surface area contributed by atoms with E-state index in [1.54, 1.807) is 29.3 Å². The molecular formula is C20H26N2O3S3. The van der Waals surface area contributed by atoms with E-state index in [0.717, 1.165) is 17.9 Å². The van der Waals surface area contributed by atoms with E-state index < -0.39 is 10.0 Å². The summed E-state index contributed by atoms with van der Waals surface area (Å²) >= 11 is 3.00. The van der Waals surface area contributed by atoms with Gasteiger partial charge in [-0.05, 0) is 36.8 Å². The Morgan fingerprint density at radius 1 is 1.29 bits per heavy atom. The van der Waals surface area contributed by atoms with Crippen molar-refractivity contribution in [3.8, 4) is 0 Å². The van der Waals surface area contributed by atoms with Gasteiger partial charge in [-0.2, -0.15) is 16.1 Å². The van der Waals surface area contributed by atoms with Crippen LogP contribution in [0.1, 0.15) is 24.0 Å². The number of piperidine rings is 1. The smallest absolute Gasteiger partial charge is 0.252 e. The first-order valence-corrected chi connectivity index (χ1v) is 12.9. The second-order valence-corrected chi connectivity index (χ2v) is 11.2. The molecule has 0 saturated carbocycles. The van der Waals surface area contributed by atoms with E-state index in [9.17, 15) is 13.2 Å². The predicted octanol–water partition coefficient (Wildman–Crippen LogP) is 3.51. The Kier molecular flexibility index (Phi) is 7.56. The van der Waals surface area contributed by atoms with Crippen LogP contribution in [-0.4, -0.2) is 44.0 Å². The second-order valence-electron chi connectivity index (χ2n) is 6.96. The minimum Gasteiger partial charge on any atom is -0.355 e. The summed E-state index contributed by atoms with van der Waals surface area (Å²) in [6.45, 7) is 3.42. The third-order valence-corrected chi connectivity index (χ3v) is 9.05. The summed E-state index contributed by atoms with van der Waals surface area (Å²) in [4.78, 5) is 12.5. The van der Waals surface area contributed by atoms with Crippen LogP contribution in [0.15, 0.2) is 46.0 Å². The van der Waals surface area contributed by atoms with E-state index in [-0.39, 0.29) is 18.4 Å². The zero-order valence-electron chi connectivity index (χ0n) is 16.0. The average Bonchev–Trinajstić information content (AvgIpc) is 3.25. The van der Waals surface area contributed by atoms with Gasteiger partial charge in [0.25, 0.3) is 10.0 Å². The van der Waals surface area contributed by atoms with Crippen molar-refractivity contribution >= 4 is 39.0 Å². The first-order chi connectivity index (χ1) is 13.5. The Labute approximate surface area is 175 Å². The molecule has 1 aromatic carbocycles. The molecule has 2 aromatic rings. The summed E-state index contributed by atoms with van der Waals surface area (Å²) in [7, 11) is -3.48. The number of nitrogens with zero attached hydrogens (tertiary/aromatic N) is 1. The molecule has 1 aliphatic heterocycles. The average molecular weight is 439 g/mol. The monoisotopic (exact) mass is 438 g/mol. The highest BCUT2D eigenvalue weighted by Crippen LogP contribution is 2.26. The lowest BCUT2D eigenvalue weighted by Crippen LogP contribution is -2.45. The van der Waals surface area contributed by atoms with Crippen molar-refractivity contribution in [3.63, 3.8) is 0 Å². The number of hydrogen-bond donors (Lipinski definition) is 1. The van der Waals surface area contributed by atoms with Gasteiger partial charge in [-0.25, -0.2) is 8.42 Å². The normalized spacial score (nSPS) is 18.1. The van der Waals surface area contributed by atoms with Crippen molar-refractivity contribution in [1.82, 2.24) is 9.62 Å². The molecule has 28 heavy (non-hydrogen) atoms. The Bertz CT molecular complexity index is 865.